The van der Waals surface area contributed by atoms with Gasteiger partial charge in [-0.05, 0) is 35.9 Å². The lowest BCUT2D eigenvalue weighted by Gasteiger charge is -2.04. The van der Waals surface area contributed by atoms with Crippen LogP contribution >= 0.6 is 11.6 Å². The minimum absolute atomic E-state index is 0.105. The molecular formula is C14H10ClFN2O2. The molecule has 6 heteroatoms. The minimum atomic E-state index is -1.05. The van der Waals surface area contributed by atoms with E-state index in [0.717, 1.165) is 0 Å². The summed E-state index contributed by atoms with van der Waals surface area (Å²) in [5.74, 6) is -1.38. The number of aromatic carboxylic acids is 1. The van der Waals surface area contributed by atoms with Crippen molar-refractivity contribution in [3.8, 4) is 0 Å². The molecule has 4 nitrogen and oxygen atoms in total. The normalized spacial score (nSPS) is 10.7. The lowest BCUT2D eigenvalue weighted by Crippen LogP contribution is -1.98. The predicted octanol–water partition coefficient (Wildman–Crippen LogP) is 3.62. The van der Waals surface area contributed by atoms with Gasteiger partial charge in [0.1, 0.15) is 5.82 Å². The fourth-order valence-electron chi connectivity index (χ4n) is 1.47. The van der Waals surface area contributed by atoms with Crippen LogP contribution < -0.4 is 5.43 Å². The third-order valence-electron chi connectivity index (χ3n) is 2.48. The lowest BCUT2D eigenvalue weighted by atomic mass is 10.2. The number of hydrogen-bond acceptors (Lipinski definition) is 3. The molecule has 0 saturated heterocycles. The molecule has 102 valence electrons. The first kappa shape index (κ1) is 14.0. The van der Waals surface area contributed by atoms with Crippen LogP contribution in [0, 0.1) is 5.82 Å². The molecule has 0 saturated carbocycles. The Balaban J connectivity index is 2.12. The maximum absolute atomic E-state index is 12.7. The Morgan fingerprint density at radius 3 is 2.60 bits per heavy atom. The molecule has 2 aromatic carbocycles. The van der Waals surface area contributed by atoms with Gasteiger partial charge in [-0.1, -0.05) is 23.7 Å². The second-order valence-corrected chi connectivity index (χ2v) is 4.33. The maximum atomic E-state index is 12.7. The highest BCUT2D eigenvalue weighted by atomic mass is 35.5. The Kier molecular flexibility index (Phi) is 4.32. The van der Waals surface area contributed by atoms with E-state index in [1.807, 2.05) is 0 Å². The molecule has 0 aromatic heterocycles. The van der Waals surface area contributed by atoms with Crippen molar-refractivity contribution in [3.63, 3.8) is 0 Å². The maximum Gasteiger partial charge on any atom is 0.335 e. The van der Waals surface area contributed by atoms with Crippen LogP contribution in [0.4, 0.5) is 10.1 Å². The highest BCUT2D eigenvalue weighted by Crippen LogP contribution is 2.23. The van der Waals surface area contributed by atoms with Gasteiger partial charge in [-0.25, -0.2) is 9.18 Å². The van der Waals surface area contributed by atoms with E-state index >= 15 is 0 Å². The van der Waals surface area contributed by atoms with Crippen molar-refractivity contribution in [1.29, 1.82) is 0 Å². The second kappa shape index (κ2) is 6.16. The summed E-state index contributed by atoms with van der Waals surface area (Å²) in [6.07, 6.45) is 1.48. The van der Waals surface area contributed by atoms with Gasteiger partial charge in [0.2, 0.25) is 0 Å². The van der Waals surface area contributed by atoms with Crippen LogP contribution in [-0.2, 0) is 0 Å². The standard InChI is InChI=1S/C14H10ClFN2O2/c15-12-6-3-10(14(19)20)7-13(12)18-17-8-9-1-4-11(16)5-2-9/h1-8,18H,(H,19,20)/b17-8-. The predicted molar refractivity (Wildman–Crippen MR) is 76.0 cm³/mol. The van der Waals surface area contributed by atoms with Gasteiger partial charge in [-0.3, -0.25) is 5.43 Å². The van der Waals surface area contributed by atoms with E-state index in [2.05, 4.69) is 10.5 Å². The van der Waals surface area contributed by atoms with Crippen molar-refractivity contribution >= 4 is 29.5 Å². The molecular weight excluding hydrogens is 283 g/mol. The number of carboxylic acid groups (broad SMARTS) is 1. The topological polar surface area (TPSA) is 61.7 Å². The van der Waals surface area contributed by atoms with E-state index in [4.69, 9.17) is 16.7 Å². The molecule has 0 aliphatic rings. The summed E-state index contributed by atoms with van der Waals surface area (Å²) in [5, 5.41) is 13.2. The van der Waals surface area contributed by atoms with Crippen molar-refractivity contribution < 1.29 is 14.3 Å². The van der Waals surface area contributed by atoms with E-state index in [0.29, 0.717) is 16.3 Å². The van der Waals surface area contributed by atoms with Crippen LogP contribution in [0.5, 0.6) is 0 Å². The first-order chi connectivity index (χ1) is 9.56. The number of carboxylic acids is 1. The Morgan fingerprint density at radius 2 is 1.95 bits per heavy atom. The van der Waals surface area contributed by atoms with Gasteiger partial charge in [0.25, 0.3) is 0 Å². The molecule has 2 N–H and O–H groups in total. The van der Waals surface area contributed by atoms with Crippen molar-refractivity contribution in [2.45, 2.75) is 0 Å². The molecule has 0 aliphatic carbocycles. The van der Waals surface area contributed by atoms with Crippen LogP contribution in [0.25, 0.3) is 0 Å². The highest BCUT2D eigenvalue weighted by molar-refractivity contribution is 6.33. The molecule has 2 aromatic rings. The molecule has 20 heavy (non-hydrogen) atoms. The summed E-state index contributed by atoms with van der Waals surface area (Å²) in [6, 6.07) is 10.0. The Labute approximate surface area is 119 Å². The average Bonchev–Trinajstić information content (AvgIpc) is 2.43. The largest absolute Gasteiger partial charge is 0.478 e. The van der Waals surface area contributed by atoms with E-state index in [9.17, 15) is 9.18 Å². The fraction of sp³-hybridized carbons (Fsp3) is 0. The average molecular weight is 293 g/mol. The monoisotopic (exact) mass is 292 g/mol. The third kappa shape index (κ3) is 3.55. The van der Waals surface area contributed by atoms with E-state index in [-0.39, 0.29) is 11.4 Å². The number of nitrogens with one attached hydrogen (secondary N) is 1. The first-order valence-corrected chi connectivity index (χ1v) is 6.01. The van der Waals surface area contributed by atoms with Gasteiger partial charge in [0, 0.05) is 0 Å². The quantitative estimate of drug-likeness (QED) is 0.668. The van der Waals surface area contributed by atoms with Crippen molar-refractivity contribution in [2.75, 3.05) is 5.43 Å². The summed E-state index contributed by atoms with van der Waals surface area (Å²) in [7, 11) is 0. The van der Waals surface area contributed by atoms with Crippen LogP contribution in [0.1, 0.15) is 15.9 Å². The van der Waals surface area contributed by atoms with Crippen LogP contribution in [0.2, 0.25) is 5.02 Å². The molecule has 0 fully saturated rings. The first-order valence-electron chi connectivity index (χ1n) is 5.64. The Hall–Kier alpha value is -2.40. The molecule has 0 atom stereocenters. The van der Waals surface area contributed by atoms with Gasteiger partial charge in [-0.2, -0.15) is 5.10 Å². The molecule has 0 aliphatic heterocycles. The highest BCUT2D eigenvalue weighted by Gasteiger charge is 2.06. The SMILES string of the molecule is O=C(O)c1ccc(Cl)c(N/N=C\c2ccc(F)cc2)c1. The number of hydrazone groups is 1. The van der Waals surface area contributed by atoms with Crippen LogP contribution in [0.3, 0.4) is 0 Å². The van der Waals surface area contributed by atoms with Gasteiger partial charge in [-0.15, -0.1) is 0 Å². The zero-order valence-electron chi connectivity index (χ0n) is 10.2. The number of halogens is 2. The van der Waals surface area contributed by atoms with Gasteiger partial charge in [0.15, 0.2) is 0 Å². The number of rotatable bonds is 4. The molecule has 2 rings (SSSR count). The molecule has 0 radical (unpaired) electrons. The van der Waals surface area contributed by atoms with Gasteiger partial charge in [0.05, 0.1) is 22.5 Å². The summed E-state index contributed by atoms with van der Waals surface area (Å²) in [5.41, 5.74) is 3.84. The lowest BCUT2D eigenvalue weighted by molar-refractivity contribution is 0.0697. The fourth-order valence-corrected chi connectivity index (χ4v) is 1.63. The van der Waals surface area contributed by atoms with Crippen LogP contribution in [0.15, 0.2) is 47.6 Å². The summed E-state index contributed by atoms with van der Waals surface area (Å²) in [6.45, 7) is 0. The van der Waals surface area contributed by atoms with Gasteiger partial charge >= 0.3 is 5.97 Å². The van der Waals surface area contributed by atoms with Crippen LogP contribution in [-0.4, -0.2) is 17.3 Å². The molecule has 0 unspecified atom stereocenters. The molecule has 0 bridgehead atoms. The molecule has 0 spiro atoms. The van der Waals surface area contributed by atoms with Gasteiger partial charge < -0.3 is 5.11 Å². The summed E-state index contributed by atoms with van der Waals surface area (Å²) < 4.78 is 12.7. The van der Waals surface area contributed by atoms with E-state index in [1.54, 1.807) is 12.1 Å². The van der Waals surface area contributed by atoms with Crippen molar-refractivity contribution in [1.82, 2.24) is 0 Å². The number of nitrogens with zero attached hydrogens (tertiary/aromatic N) is 1. The zero-order valence-corrected chi connectivity index (χ0v) is 10.9. The zero-order chi connectivity index (χ0) is 14.5. The van der Waals surface area contributed by atoms with Crippen molar-refractivity contribution in [2.24, 2.45) is 5.10 Å². The number of hydrogen-bond donors (Lipinski definition) is 2. The molecule has 0 amide bonds. The number of anilines is 1. The summed E-state index contributed by atoms with van der Waals surface area (Å²) in [4.78, 5) is 10.8. The third-order valence-corrected chi connectivity index (χ3v) is 2.81. The smallest absolute Gasteiger partial charge is 0.335 e. The van der Waals surface area contributed by atoms with E-state index in [1.165, 1.54) is 36.5 Å². The Bertz CT molecular complexity index is 657. The van der Waals surface area contributed by atoms with E-state index < -0.39 is 5.97 Å². The minimum Gasteiger partial charge on any atom is -0.478 e. The number of benzene rings is 2. The Morgan fingerprint density at radius 1 is 1.25 bits per heavy atom. The number of carbonyl (C=O) groups is 1. The van der Waals surface area contributed by atoms with Crippen molar-refractivity contribution in [3.05, 3.63) is 64.4 Å². The molecule has 0 heterocycles. The summed E-state index contributed by atoms with van der Waals surface area (Å²) >= 11 is 5.92. The second-order valence-electron chi connectivity index (χ2n) is 3.92.